The molecule has 3 heterocycles. The molecule has 1 aliphatic heterocycles. The Kier molecular flexibility index (Phi) is 5.53. The van der Waals surface area contributed by atoms with Gasteiger partial charge in [0.15, 0.2) is 0 Å². The van der Waals surface area contributed by atoms with Crippen LogP contribution in [0.3, 0.4) is 0 Å². The van der Waals surface area contributed by atoms with Crippen molar-refractivity contribution in [2.24, 2.45) is 11.3 Å². The zero-order valence-electron chi connectivity index (χ0n) is 15.7. The zero-order chi connectivity index (χ0) is 19.6. The molecule has 1 saturated heterocycles. The Morgan fingerprint density at radius 1 is 1.25 bits per heavy atom. The maximum atomic E-state index is 13.1. The first kappa shape index (κ1) is 19.5. The van der Waals surface area contributed by atoms with Crippen LogP contribution in [0.2, 0.25) is 0 Å². The number of nitrogens with one attached hydrogen (secondary N) is 1. The lowest BCUT2D eigenvalue weighted by atomic mass is 9.67. The number of rotatable bonds is 5. The van der Waals surface area contributed by atoms with Crippen LogP contribution in [0.4, 0.5) is 0 Å². The Balaban J connectivity index is 1.56. The maximum absolute atomic E-state index is 13.1. The minimum absolute atomic E-state index is 0.0285. The molecule has 0 aromatic carbocycles. The molecule has 1 N–H and O–H groups in total. The van der Waals surface area contributed by atoms with Crippen LogP contribution in [0, 0.1) is 11.3 Å². The summed E-state index contributed by atoms with van der Waals surface area (Å²) in [5.41, 5.74) is -0.257. The van der Waals surface area contributed by atoms with Gasteiger partial charge in [-0.15, -0.1) is 11.3 Å². The first-order valence-corrected chi connectivity index (χ1v) is 12.0. The summed E-state index contributed by atoms with van der Waals surface area (Å²) in [5, 5.41) is 5.04. The molecule has 1 aliphatic carbocycles. The topological polar surface area (TPSA) is 79.4 Å². The first-order valence-electron chi connectivity index (χ1n) is 9.72. The lowest BCUT2D eigenvalue weighted by Gasteiger charge is -2.37. The van der Waals surface area contributed by atoms with Gasteiger partial charge in [0, 0.05) is 30.4 Å². The Bertz CT molecular complexity index is 907. The second-order valence-electron chi connectivity index (χ2n) is 7.76. The summed E-state index contributed by atoms with van der Waals surface area (Å²) in [6.07, 6.45) is 8.01. The van der Waals surface area contributed by atoms with Crippen LogP contribution < -0.4 is 5.32 Å². The van der Waals surface area contributed by atoms with E-state index in [1.54, 1.807) is 29.7 Å². The minimum atomic E-state index is -3.65. The van der Waals surface area contributed by atoms with Gasteiger partial charge in [-0.25, -0.2) is 8.42 Å². The van der Waals surface area contributed by atoms with E-state index in [1.165, 1.54) is 10.5 Å². The molecule has 1 spiro atoms. The summed E-state index contributed by atoms with van der Waals surface area (Å²) in [6.45, 7) is 1.16. The van der Waals surface area contributed by atoms with E-state index < -0.39 is 10.0 Å². The van der Waals surface area contributed by atoms with Gasteiger partial charge < -0.3 is 5.32 Å². The Morgan fingerprint density at radius 3 is 2.75 bits per heavy atom. The summed E-state index contributed by atoms with van der Waals surface area (Å²) >= 11 is 1.61. The van der Waals surface area contributed by atoms with Crippen molar-refractivity contribution >= 4 is 27.3 Å². The number of carbonyl (C=O) groups is 1. The third kappa shape index (κ3) is 3.73. The number of aromatic nitrogens is 1. The molecule has 2 aliphatic rings. The number of amides is 1. The predicted molar refractivity (Wildman–Crippen MR) is 108 cm³/mol. The van der Waals surface area contributed by atoms with E-state index in [-0.39, 0.29) is 28.7 Å². The van der Waals surface area contributed by atoms with Crippen molar-refractivity contribution in [2.75, 3.05) is 13.1 Å². The number of thiophene rings is 1. The number of hydrogen-bond donors (Lipinski definition) is 1. The zero-order valence-corrected chi connectivity index (χ0v) is 17.3. The van der Waals surface area contributed by atoms with Crippen LogP contribution >= 0.6 is 11.3 Å². The quantitative estimate of drug-likeness (QED) is 0.808. The molecule has 2 fully saturated rings. The van der Waals surface area contributed by atoms with E-state index in [9.17, 15) is 13.2 Å². The SMILES string of the molecule is O=C(NCc1cccs1)[C@@H]1CN(S(=O)(=O)c2cccnc2)CC12CCCCC2. The molecule has 0 unspecified atom stereocenters. The molecule has 1 amide bonds. The van der Waals surface area contributed by atoms with Crippen LogP contribution in [0.5, 0.6) is 0 Å². The summed E-state index contributed by atoms with van der Waals surface area (Å²) in [7, 11) is -3.65. The van der Waals surface area contributed by atoms with Gasteiger partial charge in [-0.05, 0) is 41.8 Å². The normalized spacial score (nSPS) is 22.4. The summed E-state index contributed by atoms with van der Waals surface area (Å²) < 4.78 is 27.8. The smallest absolute Gasteiger partial charge is 0.244 e. The second-order valence-corrected chi connectivity index (χ2v) is 10.7. The Labute approximate surface area is 170 Å². The van der Waals surface area contributed by atoms with Crippen LogP contribution in [0.25, 0.3) is 0 Å². The summed E-state index contributed by atoms with van der Waals surface area (Å²) in [6, 6.07) is 7.16. The number of hydrogen-bond acceptors (Lipinski definition) is 5. The molecular formula is C20H25N3O3S2. The lowest BCUT2D eigenvalue weighted by Crippen LogP contribution is -2.42. The lowest BCUT2D eigenvalue weighted by molar-refractivity contribution is -0.128. The Hall–Kier alpha value is -1.77. The first-order chi connectivity index (χ1) is 13.5. The second kappa shape index (κ2) is 7.93. The van der Waals surface area contributed by atoms with Gasteiger partial charge >= 0.3 is 0 Å². The van der Waals surface area contributed by atoms with Gasteiger partial charge in [0.05, 0.1) is 12.5 Å². The largest absolute Gasteiger partial charge is 0.351 e. The van der Waals surface area contributed by atoms with Crippen LogP contribution in [0.1, 0.15) is 37.0 Å². The van der Waals surface area contributed by atoms with Gasteiger partial charge in [0.25, 0.3) is 0 Å². The molecule has 28 heavy (non-hydrogen) atoms. The fraction of sp³-hybridized carbons (Fsp3) is 0.500. The molecule has 0 bridgehead atoms. The predicted octanol–water partition coefficient (Wildman–Crippen LogP) is 3.03. The van der Waals surface area contributed by atoms with Crippen molar-refractivity contribution in [1.82, 2.24) is 14.6 Å². The fourth-order valence-electron chi connectivity index (χ4n) is 4.59. The monoisotopic (exact) mass is 419 g/mol. The maximum Gasteiger partial charge on any atom is 0.244 e. The molecule has 2 aromatic rings. The molecule has 1 atom stereocenters. The highest BCUT2D eigenvalue weighted by molar-refractivity contribution is 7.89. The van der Waals surface area contributed by atoms with Crippen molar-refractivity contribution in [3.8, 4) is 0 Å². The summed E-state index contributed by atoms with van der Waals surface area (Å²) in [4.78, 5) is 18.3. The third-order valence-electron chi connectivity index (χ3n) is 6.07. The van der Waals surface area contributed by atoms with E-state index in [0.29, 0.717) is 13.1 Å². The van der Waals surface area contributed by atoms with Gasteiger partial charge in [0.2, 0.25) is 15.9 Å². The molecular weight excluding hydrogens is 394 g/mol. The van der Waals surface area contributed by atoms with E-state index in [4.69, 9.17) is 0 Å². The van der Waals surface area contributed by atoms with Gasteiger partial charge in [0.1, 0.15) is 4.90 Å². The van der Waals surface area contributed by atoms with Crippen LogP contribution in [0.15, 0.2) is 46.9 Å². The fourth-order valence-corrected chi connectivity index (χ4v) is 6.75. The number of pyridine rings is 1. The van der Waals surface area contributed by atoms with Gasteiger partial charge in [-0.1, -0.05) is 25.3 Å². The van der Waals surface area contributed by atoms with Gasteiger partial charge in [-0.2, -0.15) is 4.31 Å². The Morgan fingerprint density at radius 2 is 2.07 bits per heavy atom. The van der Waals surface area contributed by atoms with Crippen molar-refractivity contribution in [2.45, 2.75) is 43.5 Å². The molecule has 6 nitrogen and oxygen atoms in total. The van der Waals surface area contributed by atoms with Crippen molar-refractivity contribution in [1.29, 1.82) is 0 Å². The average Bonchev–Trinajstić information content (AvgIpc) is 3.36. The molecule has 2 aromatic heterocycles. The van der Waals surface area contributed by atoms with Crippen LogP contribution in [-0.4, -0.2) is 36.7 Å². The van der Waals surface area contributed by atoms with Crippen molar-refractivity contribution in [3.05, 3.63) is 46.9 Å². The van der Waals surface area contributed by atoms with E-state index >= 15 is 0 Å². The van der Waals surface area contributed by atoms with Crippen molar-refractivity contribution in [3.63, 3.8) is 0 Å². The van der Waals surface area contributed by atoms with E-state index in [2.05, 4.69) is 10.3 Å². The highest BCUT2D eigenvalue weighted by Crippen LogP contribution is 2.48. The molecule has 0 radical (unpaired) electrons. The summed E-state index contributed by atoms with van der Waals surface area (Å²) in [5.74, 6) is -0.335. The average molecular weight is 420 g/mol. The van der Waals surface area contributed by atoms with E-state index in [1.807, 2.05) is 17.5 Å². The highest BCUT2D eigenvalue weighted by Gasteiger charge is 2.53. The highest BCUT2D eigenvalue weighted by atomic mass is 32.2. The van der Waals surface area contributed by atoms with Gasteiger partial charge in [-0.3, -0.25) is 9.78 Å². The molecule has 8 heteroatoms. The van der Waals surface area contributed by atoms with Crippen molar-refractivity contribution < 1.29 is 13.2 Å². The standard InChI is InChI=1S/C20H25N3O3S2/c24-19(22-12-16-6-5-11-27-16)18-14-23(15-20(18)8-2-1-3-9-20)28(25,26)17-7-4-10-21-13-17/h4-7,10-11,13,18H,1-3,8-9,12,14-15H2,(H,22,24)/t18-/m0/s1. The number of nitrogens with zero attached hydrogens (tertiary/aromatic N) is 2. The number of carbonyl (C=O) groups excluding carboxylic acids is 1. The third-order valence-corrected chi connectivity index (χ3v) is 8.74. The van der Waals surface area contributed by atoms with E-state index in [0.717, 1.165) is 37.0 Å². The molecule has 1 saturated carbocycles. The van der Waals surface area contributed by atoms with Crippen LogP contribution in [-0.2, 0) is 21.4 Å². The minimum Gasteiger partial charge on any atom is -0.351 e. The molecule has 4 rings (SSSR count). The molecule has 150 valence electrons. The number of sulfonamides is 1.